The van der Waals surface area contributed by atoms with Crippen LogP contribution in [-0.2, 0) is 0 Å². The molecule has 0 atom stereocenters. The maximum Gasteiger partial charge on any atom is 0.251 e. The highest BCUT2D eigenvalue weighted by Crippen LogP contribution is 2.09. The Kier molecular flexibility index (Phi) is 3.07. The Labute approximate surface area is 79.0 Å². The summed E-state index contributed by atoms with van der Waals surface area (Å²) >= 11 is 0. The van der Waals surface area contributed by atoms with Gasteiger partial charge in [-0.2, -0.15) is 0 Å². The van der Waals surface area contributed by atoms with Gasteiger partial charge < -0.3 is 5.32 Å². The molecule has 0 aliphatic heterocycles. The minimum absolute atomic E-state index is 0.0173. The van der Waals surface area contributed by atoms with Crippen LogP contribution >= 0.6 is 0 Å². The fourth-order valence-electron chi connectivity index (χ4n) is 1.24. The standard InChI is InChI=1S/C11H15NO/c1-4-12-11(13)10-7-8(2)5-6-9(10)3/h5-7H,4H2,1-3H3,(H,12,13). The van der Waals surface area contributed by atoms with Crippen LogP contribution in [0.1, 0.15) is 28.4 Å². The third-order valence-electron chi connectivity index (χ3n) is 1.98. The van der Waals surface area contributed by atoms with Crippen molar-refractivity contribution in [1.29, 1.82) is 0 Å². The van der Waals surface area contributed by atoms with Crippen LogP contribution in [0.25, 0.3) is 0 Å². The fraction of sp³-hybridized carbons (Fsp3) is 0.364. The van der Waals surface area contributed by atoms with Crippen molar-refractivity contribution < 1.29 is 4.79 Å². The topological polar surface area (TPSA) is 29.1 Å². The third kappa shape index (κ3) is 2.31. The summed E-state index contributed by atoms with van der Waals surface area (Å²) in [6.45, 7) is 6.53. The van der Waals surface area contributed by atoms with Gasteiger partial charge >= 0.3 is 0 Å². The van der Waals surface area contributed by atoms with Gasteiger partial charge in [0.25, 0.3) is 5.91 Å². The van der Waals surface area contributed by atoms with Crippen molar-refractivity contribution >= 4 is 5.91 Å². The molecule has 0 saturated carbocycles. The molecule has 2 nitrogen and oxygen atoms in total. The monoisotopic (exact) mass is 177 g/mol. The molecule has 70 valence electrons. The van der Waals surface area contributed by atoms with Crippen LogP contribution in [0, 0.1) is 13.8 Å². The molecule has 0 spiro atoms. The van der Waals surface area contributed by atoms with Gasteiger partial charge in [-0.05, 0) is 32.4 Å². The summed E-state index contributed by atoms with van der Waals surface area (Å²) in [7, 11) is 0. The van der Waals surface area contributed by atoms with Crippen LogP contribution in [0.3, 0.4) is 0 Å². The number of carbonyl (C=O) groups excluding carboxylic acids is 1. The lowest BCUT2D eigenvalue weighted by molar-refractivity contribution is 0.0955. The van der Waals surface area contributed by atoms with Crippen molar-refractivity contribution in [3.8, 4) is 0 Å². The van der Waals surface area contributed by atoms with Crippen LogP contribution in [0.4, 0.5) is 0 Å². The van der Waals surface area contributed by atoms with Crippen molar-refractivity contribution in [3.63, 3.8) is 0 Å². The molecule has 1 amide bonds. The first-order valence-electron chi connectivity index (χ1n) is 4.50. The number of hydrogen-bond acceptors (Lipinski definition) is 1. The number of rotatable bonds is 2. The van der Waals surface area contributed by atoms with Gasteiger partial charge in [0.2, 0.25) is 0 Å². The Balaban J connectivity index is 2.99. The van der Waals surface area contributed by atoms with E-state index in [1.807, 2.05) is 39.0 Å². The second kappa shape index (κ2) is 4.08. The summed E-state index contributed by atoms with van der Waals surface area (Å²) in [4.78, 5) is 11.5. The van der Waals surface area contributed by atoms with Crippen LogP contribution in [0.5, 0.6) is 0 Å². The molecule has 1 aromatic rings. The Morgan fingerprint density at radius 2 is 2.08 bits per heavy atom. The number of carbonyl (C=O) groups is 1. The third-order valence-corrected chi connectivity index (χ3v) is 1.98. The zero-order chi connectivity index (χ0) is 9.84. The molecule has 0 saturated heterocycles. The van der Waals surface area contributed by atoms with E-state index in [0.717, 1.165) is 16.7 Å². The molecule has 0 aliphatic rings. The number of aryl methyl sites for hydroxylation is 2. The molecule has 0 heterocycles. The average molecular weight is 177 g/mol. The lowest BCUT2D eigenvalue weighted by atomic mass is 10.1. The maximum absolute atomic E-state index is 11.5. The Bertz CT molecular complexity index is 318. The second-order valence-corrected chi connectivity index (χ2v) is 3.18. The molecular weight excluding hydrogens is 162 g/mol. The van der Waals surface area contributed by atoms with E-state index in [9.17, 15) is 4.79 Å². The van der Waals surface area contributed by atoms with Crippen LogP contribution in [-0.4, -0.2) is 12.5 Å². The van der Waals surface area contributed by atoms with Crippen LogP contribution < -0.4 is 5.32 Å². The van der Waals surface area contributed by atoms with Gasteiger partial charge in [0.15, 0.2) is 0 Å². The van der Waals surface area contributed by atoms with E-state index in [1.54, 1.807) is 0 Å². The molecule has 1 aromatic carbocycles. The summed E-state index contributed by atoms with van der Waals surface area (Å²) in [5.74, 6) is 0.0173. The van der Waals surface area contributed by atoms with Crippen molar-refractivity contribution in [2.45, 2.75) is 20.8 Å². The molecule has 0 aromatic heterocycles. The first kappa shape index (κ1) is 9.78. The Hall–Kier alpha value is -1.31. The minimum atomic E-state index is 0.0173. The van der Waals surface area contributed by atoms with E-state index in [4.69, 9.17) is 0 Å². The Morgan fingerprint density at radius 1 is 1.38 bits per heavy atom. The number of nitrogens with one attached hydrogen (secondary N) is 1. The largest absolute Gasteiger partial charge is 0.352 e. The lowest BCUT2D eigenvalue weighted by Crippen LogP contribution is -2.23. The first-order valence-corrected chi connectivity index (χ1v) is 4.50. The molecule has 1 rings (SSSR count). The second-order valence-electron chi connectivity index (χ2n) is 3.18. The smallest absolute Gasteiger partial charge is 0.251 e. The molecule has 0 bridgehead atoms. The van der Waals surface area contributed by atoms with E-state index in [0.29, 0.717) is 6.54 Å². The van der Waals surface area contributed by atoms with E-state index >= 15 is 0 Å². The quantitative estimate of drug-likeness (QED) is 0.736. The molecule has 1 N–H and O–H groups in total. The lowest BCUT2D eigenvalue weighted by Gasteiger charge is -2.06. The SMILES string of the molecule is CCNC(=O)c1cc(C)ccc1C. The highest BCUT2D eigenvalue weighted by molar-refractivity contribution is 5.95. The molecular formula is C11H15NO. The predicted molar refractivity (Wildman–Crippen MR) is 53.9 cm³/mol. The summed E-state index contributed by atoms with van der Waals surface area (Å²) in [6, 6.07) is 5.90. The number of amides is 1. The zero-order valence-electron chi connectivity index (χ0n) is 8.35. The van der Waals surface area contributed by atoms with Crippen molar-refractivity contribution in [2.75, 3.05) is 6.54 Å². The van der Waals surface area contributed by atoms with Crippen LogP contribution in [0.15, 0.2) is 18.2 Å². The normalized spacial score (nSPS) is 9.77. The highest BCUT2D eigenvalue weighted by atomic mass is 16.1. The summed E-state index contributed by atoms with van der Waals surface area (Å²) in [6.07, 6.45) is 0. The summed E-state index contributed by atoms with van der Waals surface area (Å²) < 4.78 is 0. The number of benzene rings is 1. The van der Waals surface area contributed by atoms with Gasteiger partial charge in [-0.15, -0.1) is 0 Å². The van der Waals surface area contributed by atoms with E-state index in [1.165, 1.54) is 0 Å². The van der Waals surface area contributed by atoms with Gasteiger partial charge in [0.1, 0.15) is 0 Å². The molecule has 13 heavy (non-hydrogen) atoms. The van der Waals surface area contributed by atoms with E-state index in [2.05, 4.69) is 5.32 Å². The van der Waals surface area contributed by atoms with Gasteiger partial charge in [-0.25, -0.2) is 0 Å². The van der Waals surface area contributed by atoms with E-state index in [-0.39, 0.29) is 5.91 Å². The van der Waals surface area contributed by atoms with Gasteiger partial charge in [0.05, 0.1) is 0 Å². The average Bonchev–Trinajstić information content (AvgIpc) is 2.09. The molecule has 0 fully saturated rings. The van der Waals surface area contributed by atoms with Crippen molar-refractivity contribution in [1.82, 2.24) is 5.32 Å². The number of hydrogen-bond donors (Lipinski definition) is 1. The Morgan fingerprint density at radius 3 is 2.69 bits per heavy atom. The van der Waals surface area contributed by atoms with Gasteiger partial charge in [-0.1, -0.05) is 17.7 Å². The first-order chi connectivity index (χ1) is 6.15. The molecule has 2 heteroatoms. The van der Waals surface area contributed by atoms with E-state index < -0.39 is 0 Å². The fourth-order valence-corrected chi connectivity index (χ4v) is 1.24. The zero-order valence-corrected chi connectivity index (χ0v) is 8.35. The summed E-state index contributed by atoms with van der Waals surface area (Å²) in [5.41, 5.74) is 2.92. The van der Waals surface area contributed by atoms with Crippen molar-refractivity contribution in [2.24, 2.45) is 0 Å². The van der Waals surface area contributed by atoms with Crippen LogP contribution in [0.2, 0.25) is 0 Å². The summed E-state index contributed by atoms with van der Waals surface area (Å²) in [5, 5.41) is 2.79. The molecule has 0 radical (unpaired) electrons. The maximum atomic E-state index is 11.5. The molecule has 0 unspecified atom stereocenters. The highest BCUT2D eigenvalue weighted by Gasteiger charge is 2.06. The van der Waals surface area contributed by atoms with Crippen molar-refractivity contribution in [3.05, 3.63) is 34.9 Å². The minimum Gasteiger partial charge on any atom is -0.352 e. The van der Waals surface area contributed by atoms with Gasteiger partial charge in [-0.3, -0.25) is 4.79 Å². The van der Waals surface area contributed by atoms with Gasteiger partial charge in [0, 0.05) is 12.1 Å². The molecule has 0 aliphatic carbocycles. The predicted octanol–water partition coefficient (Wildman–Crippen LogP) is 2.05.